The molecule has 4 heteroatoms. The summed E-state index contributed by atoms with van der Waals surface area (Å²) >= 11 is 1.72. The molecule has 0 saturated carbocycles. The zero-order valence-corrected chi connectivity index (χ0v) is 8.84. The van der Waals surface area contributed by atoms with E-state index in [4.69, 9.17) is 0 Å². The summed E-state index contributed by atoms with van der Waals surface area (Å²) in [6.07, 6.45) is 1.88. The number of nitrogens with one attached hydrogen (secondary N) is 1. The van der Waals surface area contributed by atoms with Gasteiger partial charge in [0.1, 0.15) is 0 Å². The number of thiazole rings is 1. The van der Waals surface area contributed by atoms with E-state index in [1.807, 2.05) is 11.6 Å². The van der Waals surface area contributed by atoms with Crippen molar-refractivity contribution in [2.75, 3.05) is 18.0 Å². The molecule has 2 atom stereocenters. The number of piperazine rings is 1. The molecular formula is C9H15N3S. The summed E-state index contributed by atoms with van der Waals surface area (Å²) < 4.78 is 0. The van der Waals surface area contributed by atoms with Crippen molar-refractivity contribution in [1.29, 1.82) is 0 Å². The number of anilines is 1. The summed E-state index contributed by atoms with van der Waals surface area (Å²) in [5.41, 5.74) is 0. The lowest BCUT2D eigenvalue weighted by Crippen LogP contribution is -2.55. The fourth-order valence-corrected chi connectivity index (χ4v) is 2.70. The monoisotopic (exact) mass is 197 g/mol. The molecule has 0 amide bonds. The van der Waals surface area contributed by atoms with Gasteiger partial charge in [0.25, 0.3) is 0 Å². The van der Waals surface area contributed by atoms with E-state index in [1.165, 1.54) is 0 Å². The van der Waals surface area contributed by atoms with Crippen LogP contribution >= 0.6 is 11.3 Å². The van der Waals surface area contributed by atoms with Crippen molar-refractivity contribution in [3.05, 3.63) is 11.6 Å². The van der Waals surface area contributed by atoms with E-state index in [9.17, 15) is 0 Å². The van der Waals surface area contributed by atoms with E-state index in [0.717, 1.165) is 18.2 Å². The van der Waals surface area contributed by atoms with Gasteiger partial charge in [-0.3, -0.25) is 0 Å². The maximum absolute atomic E-state index is 4.36. The van der Waals surface area contributed by atoms with Crippen LogP contribution in [-0.2, 0) is 0 Å². The Bertz CT molecular complexity index is 250. The number of aromatic nitrogens is 1. The van der Waals surface area contributed by atoms with Gasteiger partial charge in [-0.15, -0.1) is 11.3 Å². The SMILES string of the molecule is C[C@@H]1CNC[C@H](C)N1c1nccs1. The first-order valence-electron chi connectivity index (χ1n) is 4.67. The molecule has 0 bridgehead atoms. The molecule has 1 aromatic rings. The smallest absolute Gasteiger partial charge is 0.185 e. The number of nitrogens with zero attached hydrogens (tertiary/aromatic N) is 2. The van der Waals surface area contributed by atoms with Crippen molar-refractivity contribution in [3.8, 4) is 0 Å². The van der Waals surface area contributed by atoms with Crippen LogP contribution < -0.4 is 10.2 Å². The molecule has 1 fully saturated rings. The van der Waals surface area contributed by atoms with Crippen LogP contribution in [0.15, 0.2) is 11.6 Å². The van der Waals surface area contributed by atoms with E-state index in [1.54, 1.807) is 11.3 Å². The highest BCUT2D eigenvalue weighted by Gasteiger charge is 2.25. The Morgan fingerprint density at radius 1 is 1.46 bits per heavy atom. The predicted octanol–water partition coefficient (Wildman–Crippen LogP) is 1.33. The molecule has 0 radical (unpaired) electrons. The molecular weight excluding hydrogens is 182 g/mol. The third kappa shape index (κ3) is 1.69. The van der Waals surface area contributed by atoms with Gasteiger partial charge in [0.15, 0.2) is 5.13 Å². The summed E-state index contributed by atoms with van der Waals surface area (Å²) in [6, 6.07) is 1.10. The molecule has 72 valence electrons. The van der Waals surface area contributed by atoms with Crippen LogP contribution in [0.4, 0.5) is 5.13 Å². The number of rotatable bonds is 1. The largest absolute Gasteiger partial charge is 0.340 e. The normalized spacial score (nSPS) is 29.2. The number of hydrogen-bond acceptors (Lipinski definition) is 4. The number of hydrogen-bond donors (Lipinski definition) is 1. The molecule has 1 aromatic heterocycles. The first kappa shape index (κ1) is 8.97. The maximum atomic E-state index is 4.36. The Morgan fingerprint density at radius 3 is 2.69 bits per heavy atom. The van der Waals surface area contributed by atoms with Gasteiger partial charge >= 0.3 is 0 Å². The minimum absolute atomic E-state index is 0.551. The van der Waals surface area contributed by atoms with Crippen LogP contribution in [0.25, 0.3) is 0 Å². The average molecular weight is 197 g/mol. The second-order valence-corrected chi connectivity index (χ2v) is 4.45. The fraction of sp³-hybridized carbons (Fsp3) is 0.667. The van der Waals surface area contributed by atoms with Crippen molar-refractivity contribution in [2.24, 2.45) is 0 Å². The van der Waals surface area contributed by atoms with E-state index in [2.05, 4.69) is 29.0 Å². The van der Waals surface area contributed by atoms with E-state index >= 15 is 0 Å². The van der Waals surface area contributed by atoms with Crippen molar-refractivity contribution in [1.82, 2.24) is 10.3 Å². The zero-order valence-electron chi connectivity index (χ0n) is 8.03. The molecule has 0 aliphatic carbocycles. The summed E-state index contributed by atoms with van der Waals surface area (Å²) in [5, 5.41) is 6.60. The summed E-state index contributed by atoms with van der Waals surface area (Å²) in [4.78, 5) is 6.76. The predicted molar refractivity (Wildman–Crippen MR) is 56.4 cm³/mol. The fourth-order valence-electron chi connectivity index (χ4n) is 1.85. The molecule has 1 N–H and O–H groups in total. The Balaban J connectivity index is 2.19. The summed E-state index contributed by atoms with van der Waals surface area (Å²) in [6.45, 7) is 6.60. The molecule has 1 aliphatic rings. The molecule has 13 heavy (non-hydrogen) atoms. The maximum Gasteiger partial charge on any atom is 0.185 e. The van der Waals surface area contributed by atoms with Gasteiger partial charge in [-0.05, 0) is 13.8 Å². The molecule has 1 saturated heterocycles. The highest BCUT2D eigenvalue weighted by molar-refractivity contribution is 7.13. The quantitative estimate of drug-likeness (QED) is 0.736. The molecule has 0 spiro atoms. The first-order valence-corrected chi connectivity index (χ1v) is 5.55. The van der Waals surface area contributed by atoms with Gasteiger partial charge < -0.3 is 10.2 Å². The van der Waals surface area contributed by atoms with Crippen LogP contribution in [-0.4, -0.2) is 30.2 Å². The Morgan fingerprint density at radius 2 is 2.15 bits per heavy atom. The third-order valence-electron chi connectivity index (χ3n) is 2.47. The Kier molecular flexibility index (Phi) is 2.51. The van der Waals surface area contributed by atoms with Gasteiger partial charge in [0, 0.05) is 36.8 Å². The van der Waals surface area contributed by atoms with E-state index in [-0.39, 0.29) is 0 Å². The highest BCUT2D eigenvalue weighted by Crippen LogP contribution is 2.23. The lowest BCUT2D eigenvalue weighted by atomic mass is 10.1. The first-order chi connectivity index (χ1) is 6.29. The van der Waals surface area contributed by atoms with Crippen LogP contribution in [0.2, 0.25) is 0 Å². The Labute approximate surface area is 82.8 Å². The summed E-state index contributed by atoms with van der Waals surface area (Å²) in [5.74, 6) is 0. The van der Waals surface area contributed by atoms with Crippen molar-refractivity contribution in [2.45, 2.75) is 25.9 Å². The standard InChI is InChI=1S/C9H15N3S/c1-7-5-10-6-8(2)12(7)9-11-3-4-13-9/h3-4,7-8,10H,5-6H2,1-2H3/t7-,8+. The third-order valence-corrected chi connectivity index (χ3v) is 3.25. The van der Waals surface area contributed by atoms with Gasteiger partial charge in [-0.25, -0.2) is 4.98 Å². The second kappa shape index (κ2) is 3.64. The Hall–Kier alpha value is -0.610. The van der Waals surface area contributed by atoms with Crippen LogP contribution in [0.3, 0.4) is 0 Å². The molecule has 2 heterocycles. The van der Waals surface area contributed by atoms with Crippen molar-refractivity contribution >= 4 is 16.5 Å². The summed E-state index contributed by atoms with van der Waals surface area (Å²) in [7, 11) is 0. The molecule has 1 aliphatic heterocycles. The molecule has 2 rings (SSSR count). The van der Waals surface area contributed by atoms with Crippen LogP contribution in [0, 0.1) is 0 Å². The molecule has 0 unspecified atom stereocenters. The lowest BCUT2D eigenvalue weighted by Gasteiger charge is -2.39. The molecule has 3 nitrogen and oxygen atoms in total. The van der Waals surface area contributed by atoms with Gasteiger partial charge in [0.05, 0.1) is 0 Å². The van der Waals surface area contributed by atoms with Crippen LogP contribution in [0.1, 0.15) is 13.8 Å². The van der Waals surface area contributed by atoms with E-state index < -0.39 is 0 Å². The zero-order chi connectivity index (χ0) is 9.26. The minimum atomic E-state index is 0.551. The van der Waals surface area contributed by atoms with Gasteiger partial charge in [0.2, 0.25) is 0 Å². The highest BCUT2D eigenvalue weighted by atomic mass is 32.1. The van der Waals surface area contributed by atoms with Gasteiger partial charge in [-0.1, -0.05) is 0 Å². The van der Waals surface area contributed by atoms with Crippen molar-refractivity contribution in [3.63, 3.8) is 0 Å². The lowest BCUT2D eigenvalue weighted by molar-refractivity contribution is 0.431. The topological polar surface area (TPSA) is 28.2 Å². The van der Waals surface area contributed by atoms with Gasteiger partial charge in [-0.2, -0.15) is 0 Å². The minimum Gasteiger partial charge on any atom is -0.340 e. The van der Waals surface area contributed by atoms with E-state index in [0.29, 0.717) is 12.1 Å². The molecule has 0 aromatic carbocycles. The average Bonchev–Trinajstić information content (AvgIpc) is 2.57. The second-order valence-electron chi connectivity index (χ2n) is 3.58. The van der Waals surface area contributed by atoms with Crippen LogP contribution in [0.5, 0.6) is 0 Å². The van der Waals surface area contributed by atoms with Crippen molar-refractivity contribution < 1.29 is 0 Å².